The minimum Gasteiger partial charge on any atom is -0.383 e. The van der Waals surface area contributed by atoms with Gasteiger partial charge in [-0.1, -0.05) is 25.5 Å². The normalized spacial score (nSPS) is 20.4. The second kappa shape index (κ2) is 4.53. The first-order valence-corrected chi connectivity index (χ1v) is 6.27. The highest BCUT2D eigenvalue weighted by atomic mass is 16.3. The van der Waals surface area contributed by atoms with Crippen LogP contribution in [-0.4, -0.2) is 20.1 Å². The lowest BCUT2D eigenvalue weighted by Crippen LogP contribution is -2.34. The first-order valence-electron chi connectivity index (χ1n) is 6.27. The summed E-state index contributed by atoms with van der Waals surface area (Å²) in [6.07, 6.45) is 6.98. The quantitative estimate of drug-likeness (QED) is 0.831. The van der Waals surface area contributed by atoms with E-state index in [0.717, 1.165) is 43.8 Å². The van der Waals surface area contributed by atoms with E-state index in [9.17, 15) is 5.11 Å². The van der Waals surface area contributed by atoms with E-state index in [4.69, 9.17) is 0 Å². The minimum absolute atomic E-state index is 0.672. The predicted octanol–water partition coefficient (Wildman–Crippen LogP) is 2.09. The molecule has 90 valence electrons. The molecule has 16 heavy (non-hydrogen) atoms. The summed E-state index contributed by atoms with van der Waals surface area (Å²) in [5, 5.41) is 18.3. The second-order valence-electron chi connectivity index (χ2n) is 5.05. The number of aryl methyl sites for hydroxylation is 1. The monoisotopic (exact) mass is 223 g/mol. The summed E-state index contributed by atoms with van der Waals surface area (Å²) in [7, 11) is 0. The second-order valence-corrected chi connectivity index (χ2v) is 5.05. The highest BCUT2D eigenvalue weighted by Gasteiger charge is 2.38. The zero-order chi connectivity index (χ0) is 11.6. The summed E-state index contributed by atoms with van der Waals surface area (Å²) in [6.45, 7) is 5.35. The van der Waals surface area contributed by atoms with Crippen molar-refractivity contribution < 1.29 is 5.11 Å². The number of hydrogen-bond acceptors (Lipinski definition) is 3. The fourth-order valence-corrected chi connectivity index (χ4v) is 1.95. The standard InChI is InChI=1S/C12H21N3O/c1-3-10(2)5-8-15-9-11(13-14-15)12(16)6-4-7-12/h9-10,16H,3-8H2,1-2H3. The molecule has 4 nitrogen and oxygen atoms in total. The molecule has 0 radical (unpaired) electrons. The predicted molar refractivity (Wildman–Crippen MR) is 61.8 cm³/mol. The SMILES string of the molecule is CCC(C)CCn1cc(C2(O)CCC2)nn1. The van der Waals surface area contributed by atoms with Crippen LogP contribution in [-0.2, 0) is 12.1 Å². The number of aromatic nitrogens is 3. The van der Waals surface area contributed by atoms with Gasteiger partial charge in [0.2, 0.25) is 0 Å². The maximum absolute atomic E-state index is 10.1. The Bertz CT molecular complexity index is 344. The van der Waals surface area contributed by atoms with Crippen LogP contribution in [0.4, 0.5) is 0 Å². The van der Waals surface area contributed by atoms with Crippen molar-refractivity contribution in [3.05, 3.63) is 11.9 Å². The van der Waals surface area contributed by atoms with Crippen LogP contribution in [0.15, 0.2) is 6.20 Å². The van der Waals surface area contributed by atoms with Crippen molar-refractivity contribution in [2.75, 3.05) is 0 Å². The average molecular weight is 223 g/mol. The van der Waals surface area contributed by atoms with Crippen molar-refractivity contribution in [3.8, 4) is 0 Å². The molecule has 0 amide bonds. The van der Waals surface area contributed by atoms with Crippen LogP contribution in [0.1, 0.15) is 51.6 Å². The van der Waals surface area contributed by atoms with Gasteiger partial charge < -0.3 is 5.11 Å². The summed E-state index contributed by atoms with van der Waals surface area (Å²) in [4.78, 5) is 0. The zero-order valence-corrected chi connectivity index (χ0v) is 10.2. The molecule has 0 aromatic carbocycles. The van der Waals surface area contributed by atoms with Crippen LogP contribution < -0.4 is 0 Å². The lowest BCUT2D eigenvalue weighted by atomic mass is 9.78. The minimum atomic E-state index is -0.672. The summed E-state index contributed by atoms with van der Waals surface area (Å²) in [5.41, 5.74) is 0.0807. The fourth-order valence-electron chi connectivity index (χ4n) is 1.95. The van der Waals surface area contributed by atoms with Crippen LogP contribution in [0.3, 0.4) is 0 Å². The maximum Gasteiger partial charge on any atom is 0.114 e. The molecule has 0 saturated heterocycles. The molecular formula is C12H21N3O. The van der Waals surface area contributed by atoms with Crippen LogP contribution in [0.2, 0.25) is 0 Å². The topological polar surface area (TPSA) is 50.9 Å². The van der Waals surface area contributed by atoms with Gasteiger partial charge in [0.05, 0.1) is 6.20 Å². The van der Waals surface area contributed by atoms with E-state index in [-0.39, 0.29) is 0 Å². The summed E-state index contributed by atoms with van der Waals surface area (Å²) < 4.78 is 1.86. The van der Waals surface area contributed by atoms with E-state index in [0.29, 0.717) is 0 Å². The molecule has 4 heteroatoms. The number of hydrogen-bond donors (Lipinski definition) is 1. The third-order valence-corrected chi connectivity index (χ3v) is 3.74. The smallest absolute Gasteiger partial charge is 0.114 e. The highest BCUT2D eigenvalue weighted by Crippen LogP contribution is 2.39. The van der Waals surface area contributed by atoms with Crippen molar-refractivity contribution in [2.24, 2.45) is 5.92 Å². The molecular weight excluding hydrogens is 202 g/mol. The van der Waals surface area contributed by atoms with Gasteiger partial charge in [-0.15, -0.1) is 5.10 Å². The Hall–Kier alpha value is -0.900. The number of aliphatic hydroxyl groups is 1. The molecule has 0 aliphatic heterocycles. The Morgan fingerprint density at radius 3 is 2.88 bits per heavy atom. The van der Waals surface area contributed by atoms with Crippen molar-refractivity contribution in [3.63, 3.8) is 0 Å². The molecule has 1 N–H and O–H groups in total. The summed E-state index contributed by atoms with van der Waals surface area (Å²) in [6, 6.07) is 0. The first-order chi connectivity index (χ1) is 7.64. The molecule has 1 aromatic rings. The fraction of sp³-hybridized carbons (Fsp3) is 0.833. The zero-order valence-electron chi connectivity index (χ0n) is 10.2. The van der Waals surface area contributed by atoms with Gasteiger partial charge in [0.25, 0.3) is 0 Å². The molecule has 1 aliphatic carbocycles. The van der Waals surface area contributed by atoms with Crippen molar-refractivity contribution in [1.82, 2.24) is 15.0 Å². The Morgan fingerprint density at radius 1 is 1.56 bits per heavy atom. The summed E-state index contributed by atoms with van der Waals surface area (Å²) >= 11 is 0. The lowest BCUT2D eigenvalue weighted by Gasteiger charge is -2.34. The Morgan fingerprint density at radius 2 is 2.31 bits per heavy atom. The van der Waals surface area contributed by atoms with Gasteiger partial charge in [-0.25, -0.2) is 0 Å². The van der Waals surface area contributed by atoms with Crippen LogP contribution in [0.5, 0.6) is 0 Å². The van der Waals surface area contributed by atoms with E-state index in [1.165, 1.54) is 6.42 Å². The first kappa shape index (κ1) is 11.6. The van der Waals surface area contributed by atoms with Crippen molar-refractivity contribution in [2.45, 2.75) is 58.1 Å². The average Bonchev–Trinajstić information content (AvgIpc) is 2.71. The summed E-state index contributed by atoms with van der Waals surface area (Å²) in [5.74, 6) is 0.722. The van der Waals surface area contributed by atoms with Crippen molar-refractivity contribution >= 4 is 0 Å². The van der Waals surface area contributed by atoms with E-state index in [1.807, 2.05) is 10.9 Å². The lowest BCUT2D eigenvalue weighted by molar-refractivity contribution is -0.0427. The molecule has 1 fully saturated rings. The third-order valence-electron chi connectivity index (χ3n) is 3.74. The Kier molecular flexibility index (Phi) is 3.28. The molecule has 1 unspecified atom stereocenters. The molecule has 0 bridgehead atoms. The number of rotatable bonds is 5. The van der Waals surface area contributed by atoms with Gasteiger partial charge in [0.1, 0.15) is 11.3 Å². The van der Waals surface area contributed by atoms with Gasteiger partial charge >= 0.3 is 0 Å². The van der Waals surface area contributed by atoms with E-state index < -0.39 is 5.60 Å². The largest absolute Gasteiger partial charge is 0.383 e. The van der Waals surface area contributed by atoms with Gasteiger partial charge in [-0.3, -0.25) is 4.68 Å². The molecule has 2 rings (SSSR count). The molecule has 1 aliphatic rings. The van der Waals surface area contributed by atoms with E-state index in [1.54, 1.807) is 0 Å². The van der Waals surface area contributed by atoms with Gasteiger partial charge in [0.15, 0.2) is 0 Å². The van der Waals surface area contributed by atoms with Crippen LogP contribution in [0, 0.1) is 5.92 Å². The Balaban J connectivity index is 1.92. The van der Waals surface area contributed by atoms with Crippen LogP contribution in [0.25, 0.3) is 0 Å². The molecule has 1 heterocycles. The molecule has 1 aromatic heterocycles. The Labute approximate surface area is 96.7 Å². The van der Waals surface area contributed by atoms with E-state index >= 15 is 0 Å². The van der Waals surface area contributed by atoms with Gasteiger partial charge in [-0.05, 0) is 31.6 Å². The maximum atomic E-state index is 10.1. The highest BCUT2D eigenvalue weighted by molar-refractivity contribution is 5.10. The van der Waals surface area contributed by atoms with Crippen LogP contribution >= 0.6 is 0 Å². The van der Waals surface area contributed by atoms with Gasteiger partial charge in [0, 0.05) is 6.54 Å². The van der Waals surface area contributed by atoms with E-state index in [2.05, 4.69) is 24.2 Å². The van der Waals surface area contributed by atoms with Gasteiger partial charge in [-0.2, -0.15) is 0 Å². The molecule has 0 spiro atoms. The van der Waals surface area contributed by atoms with Crippen molar-refractivity contribution in [1.29, 1.82) is 0 Å². The third kappa shape index (κ3) is 2.26. The number of nitrogens with zero attached hydrogens (tertiary/aromatic N) is 3. The molecule has 1 saturated carbocycles. The molecule has 1 atom stereocenters.